The minimum absolute atomic E-state index is 0.0172. The van der Waals surface area contributed by atoms with E-state index >= 15 is 0 Å². The molecule has 58 valence electrons. The van der Waals surface area contributed by atoms with Gasteiger partial charge in [-0.2, -0.15) is 0 Å². The molecule has 2 heteroatoms. The number of hydrogen-bond acceptors (Lipinski definition) is 0. The molecule has 1 aromatic heterocycles. The summed E-state index contributed by atoms with van der Waals surface area (Å²) in [5.41, 5.74) is 0.0172. The van der Waals surface area contributed by atoms with Crippen LogP contribution in [0.4, 0.5) is 5.82 Å². The molecule has 0 fully saturated rings. The smallest absolute Gasteiger partial charge is 0.230 e. The van der Waals surface area contributed by atoms with Crippen molar-refractivity contribution in [1.29, 1.82) is 0 Å². The van der Waals surface area contributed by atoms with Gasteiger partial charge in [0.15, 0.2) is 0 Å². The van der Waals surface area contributed by atoms with Crippen LogP contribution in [-0.2, 0) is 5.54 Å². The third kappa shape index (κ3) is 1.43. The molecule has 0 aliphatic carbocycles. The molecule has 0 atom stereocenters. The lowest BCUT2D eigenvalue weighted by atomic mass is 10.1. The molecule has 0 aliphatic heterocycles. The quantitative estimate of drug-likeness (QED) is 0.500. The summed E-state index contributed by atoms with van der Waals surface area (Å²) in [6, 6.07) is 3.73. The second-order valence-corrected chi connectivity index (χ2v) is 3.52. The van der Waals surface area contributed by atoms with Crippen LogP contribution in [0.15, 0.2) is 18.3 Å². The lowest BCUT2D eigenvalue weighted by molar-refractivity contribution is 0.405. The summed E-state index contributed by atoms with van der Waals surface area (Å²) < 4.78 is 1.97. The van der Waals surface area contributed by atoms with Gasteiger partial charge in [-0.3, -0.25) is 4.57 Å². The van der Waals surface area contributed by atoms with Gasteiger partial charge in [0.1, 0.15) is 0 Å². The highest BCUT2D eigenvalue weighted by Gasteiger charge is 2.17. The fourth-order valence-electron chi connectivity index (χ4n) is 1.03. The third-order valence-electron chi connectivity index (χ3n) is 1.56. The zero-order chi connectivity index (χ0) is 8.48. The molecule has 1 aromatic rings. The molecule has 0 aromatic carbocycles. The molecular weight excluding hydrogens is 136 g/mol. The van der Waals surface area contributed by atoms with Gasteiger partial charge in [-0.15, -0.1) is 0 Å². The maximum Gasteiger partial charge on any atom is 0.230 e. The molecule has 0 aliphatic rings. The Bertz CT molecular complexity index is 283. The van der Waals surface area contributed by atoms with Crippen molar-refractivity contribution in [2.45, 2.75) is 26.3 Å². The van der Waals surface area contributed by atoms with Crippen molar-refractivity contribution in [2.24, 2.45) is 0 Å². The number of hydrogen-bond donors (Lipinski definition) is 0. The molecule has 1 rings (SSSR count). The fraction of sp³-hybridized carbons (Fsp3) is 0.444. The van der Waals surface area contributed by atoms with E-state index in [4.69, 9.17) is 6.57 Å². The Kier molecular flexibility index (Phi) is 1.74. The molecule has 0 saturated heterocycles. The van der Waals surface area contributed by atoms with Gasteiger partial charge in [0.25, 0.3) is 0 Å². The van der Waals surface area contributed by atoms with Crippen molar-refractivity contribution in [3.8, 4) is 0 Å². The average Bonchev–Trinajstić information content (AvgIpc) is 2.31. The van der Waals surface area contributed by atoms with Crippen molar-refractivity contribution in [2.75, 3.05) is 0 Å². The van der Waals surface area contributed by atoms with Crippen molar-refractivity contribution in [3.63, 3.8) is 0 Å². The van der Waals surface area contributed by atoms with Crippen LogP contribution in [-0.4, -0.2) is 4.57 Å². The van der Waals surface area contributed by atoms with Gasteiger partial charge in [-0.1, -0.05) is 6.57 Å². The summed E-state index contributed by atoms with van der Waals surface area (Å²) in [5, 5.41) is 0. The highest BCUT2D eigenvalue weighted by molar-refractivity contribution is 5.38. The van der Waals surface area contributed by atoms with E-state index in [1.807, 2.05) is 22.9 Å². The van der Waals surface area contributed by atoms with E-state index in [1.165, 1.54) is 0 Å². The maximum atomic E-state index is 6.89. The molecule has 0 bridgehead atoms. The van der Waals surface area contributed by atoms with Crippen molar-refractivity contribution >= 4 is 5.82 Å². The molecule has 0 N–H and O–H groups in total. The van der Waals surface area contributed by atoms with E-state index in [-0.39, 0.29) is 5.54 Å². The van der Waals surface area contributed by atoms with Crippen LogP contribution in [0.1, 0.15) is 20.8 Å². The predicted molar refractivity (Wildman–Crippen MR) is 45.7 cm³/mol. The van der Waals surface area contributed by atoms with Crippen LogP contribution in [0.5, 0.6) is 0 Å². The van der Waals surface area contributed by atoms with E-state index in [0.29, 0.717) is 5.82 Å². The summed E-state index contributed by atoms with van der Waals surface area (Å²) in [7, 11) is 0. The summed E-state index contributed by atoms with van der Waals surface area (Å²) in [6.07, 6.45) is 1.94. The number of nitrogens with zero attached hydrogens (tertiary/aromatic N) is 2. The monoisotopic (exact) mass is 148 g/mol. The van der Waals surface area contributed by atoms with E-state index in [2.05, 4.69) is 25.6 Å². The Hall–Kier alpha value is -1.23. The standard InChI is InChI=1S/C9H12N2/c1-9(2,3)11-7-5-6-8(11)10-4/h5-7H,1-3H3. The van der Waals surface area contributed by atoms with Crippen LogP contribution in [0.3, 0.4) is 0 Å². The Balaban J connectivity index is 3.15. The first-order valence-corrected chi connectivity index (χ1v) is 3.61. The molecule has 0 spiro atoms. The predicted octanol–water partition coefficient (Wildman–Crippen LogP) is 2.79. The van der Waals surface area contributed by atoms with Crippen LogP contribution in [0, 0.1) is 6.57 Å². The highest BCUT2D eigenvalue weighted by atomic mass is 15.1. The molecule has 1 heterocycles. The number of aromatic nitrogens is 1. The second-order valence-electron chi connectivity index (χ2n) is 3.52. The molecule has 0 amide bonds. The van der Waals surface area contributed by atoms with Crippen molar-refractivity contribution in [3.05, 3.63) is 29.7 Å². The van der Waals surface area contributed by atoms with Gasteiger partial charge >= 0.3 is 0 Å². The fourth-order valence-corrected chi connectivity index (χ4v) is 1.03. The summed E-state index contributed by atoms with van der Waals surface area (Å²) in [6.45, 7) is 13.1. The van der Waals surface area contributed by atoms with Gasteiger partial charge in [0, 0.05) is 0 Å². The van der Waals surface area contributed by atoms with Crippen LogP contribution in [0.2, 0.25) is 0 Å². The van der Waals surface area contributed by atoms with Gasteiger partial charge in [-0.25, -0.2) is 0 Å². The van der Waals surface area contributed by atoms with Crippen LogP contribution < -0.4 is 0 Å². The van der Waals surface area contributed by atoms with Gasteiger partial charge in [0.2, 0.25) is 5.82 Å². The van der Waals surface area contributed by atoms with Crippen LogP contribution in [0.25, 0.3) is 4.85 Å². The van der Waals surface area contributed by atoms with Gasteiger partial charge in [-0.05, 0) is 32.9 Å². The van der Waals surface area contributed by atoms with Gasteiger partial charge < -0.3 is 4.85 Å². The molecule has 11 heavy (non-hydrogen) atoms. The summed E-state index contributed by atoms with van der Waals surface area (Å²) in [4.78, 5) is 3.41. The van der Waals surface area contributed by atoms with Crippen LogP contribution >= 0.6 is 0 Å². The minimum Gasteiger partial charge on any atom is -0.364 e. The SMILES string of the molecule is [C-]#[N+]c1cccn1C(C)(C)C. The maximum absolute atomic E-state index is 6.89. The lowest BCUT2D eigenvalue weighted by Gasteiger charge is -2.18. The van der Waals surface area contributed by atoms with E-state index in [1.54, 1.807) is 0 Å². The number of rotatable bonds is 0. The zero-order valence-electron chi connectivity index (χ0n) is 7.13. The highest BCUT2D eigenvalue weighted by Crippen LogP contribution is 2.23. The van der Waals surface area contributed by atoms with E-state index in [9.17, 15) is 0 Å². The minimum atomic E-state index is 0.0172. The Morgan fingerprint density at radius 3 is 2.45 bits per heavy atom. The average molecular weight is 148 g/mol. The molecular formula is C9H12N2. The van der Waals surface area contributed by atoms with E-state index < -0.39 is 0 Å². The van der Waals surface area contributed by atoms with Crippen molar-refractivity contribution in [1.82, 2.24) is 4.57 Å². The van der Waals surface area contributed by atoms with Crippen molar-refractivity contribution < 1.29 is 0 Å². The molecule has 2 nitrogen and oxygen atoms in total. The van der Waals surface area contributed by atoms with Gasteiger partial charge in [0.05, 0.1) is 11.7 Å². The Morgan fingerprint density at radius 1 is 1.45 bits per heavy atom. The Labute approximate surface area is 67.3 Å². The topological polar surface area (TPSA) is 9.29 Å². The van der Waals surface area contributed by atoms with E-state index in [0.717, 1.165) is 0 Å². The third-order valence-corrected chi connectivity index (χ3v) is 1.56. The largest absolute Gasteiger partial charge is 0.364 e. The first-order chi connectivity index (χ1) is 5.05. The molecule has 0 saturated carbocycles. The lowest BCUT2D eigenvalue weighted by Crippen LogP contribution is -2.19. The zero-order valence-corrected chi connectivity index (χ0v) is 7.13. The molecule has 0 radical (unpaired) electrons. The Morgan fingerprint density at radius 2 is 2.09 bits per heavy atom. The molecule has 0 unspecified atom stereocenters. The summed E-state index contributed by atoms with van der Waals surface area (Å²) in [5.74, 6) is 0.706. The first kappa shape index (κ1) is 7.87. The second kappa shape index (κ2) is 2.43. The first-order valence-electron chi connectivity index (χ1n) is 3.61. The normalized spacial score (nSPS) is 11.1. The summed E-state index contributed by atoms with van der Waals surface area (Å²) >= 11 is 0.